The van der Waals surface area contributed by atoms with E-state index in [1.165, 1.54) is 4.90 Å². The summed E-state index contributed by atoms with van der Waals surface area (Å²) in [7, 11) is 0. The zero-order chi connectivity index (χ0) is 20.9. The van der Waals surface area contributed by atoms with Crippen LogP contribution in [0.1, 0.15) is 26.7 Å². The summed E-state index contributed by atoms with van der Waals surface area (Å²) in [5.74, 6) is 0.715. The van der Waals surface area contributed by atoms with Crippen LogP contribution in [0.4, 0.5) is 4.79 Å². The molecule has 29 heavy (non-hydrogen) atoms. The Morgan fingerprint density at radius 2 is 1.76 bits per heavy atom. The van der Waals surface area contributed by atoms with Crippen molar-refractivity contribution in [2.45, 2.75) is 32.2 Å². The largest absolute Gasteiger partial charge is 0.492 e. The summed E-state index contributed by atoms with van der Waals surface area (Å²) < 4.78 is 5.73. The first-order chi connectivity index (χ1) is 13.9. The van der Waals surface area contributed by atoms with Gasteiger partial charge >= 0.3 is 6.03 Å². The number of rotatable bonds is 8. The molecule has 0 bridgehead atoms. The smallest absolute Gasteiger partial charge is 0.325 e. The fourth-order valence-corrected chi connectivity index (χ4v) is 3.60. The van der Waals surface area contributed by atoms with Crippen molar-refractivity contribution in [3.8, 4) is 5.75 Å². The zero-order valence-corrected chi connectivity index (χ0v) is 17.2. The van der Waals surface area contributed by atoms with E-state index < -0.39 is 5.54 Å². The Kier molecular flexibility index (Phi) is 6.74. The number of piperazine rings is 1. The Bertz CT molecular complexity index is 729. The van der Waals surface area contributed by atoms with Crippen LogP contribution in [0.2, 0.25) is 0 Å². The van der Waals surface area contributed by atoms with Crippen LogP contribution in [-0.4, -0.2) is 84.0 Å². The van der Waals surface area contributed by atoms with E-state index >= 15 is 0 Å². The molecule has 2 saturated heterocycles. The van der Waals surface area contributed by atoms with Crippen LogP contribution in [0, 0.1) is 0 Å². The van der Waals surface area contributed by atoms with E-state index in [1.54, 1.807) is 13.8 Å². The molecule has 1 N–H and O–H groups in total. The lowest BCUT2D eigenvalue weighted by Crippen LogP contribution is -2.49. The molecule has 0 spiro atoms. The molecule has 8 heteroatoms. The van der Waals surface area contributed by atoms with E-state index in [4.69, 9.17) is 4.74 Å². The number of benzene rings is 1. The van der Waals surface area contributed by atoms with Gasteiger partial charge in [-0.1, -0.05) is 18.2 Å². The fourth-order valence-electron chi connectivity index (χ4n) is 3.60. The van der Waals surface area contributed by atoms with Gasteiger partial charge in [0.15, 0.2) is 0 Å². The molecule has 0 aromatic heterocycles. The highest BCUT2D eigenvalue weighted by molar-refractivity contribution is 6.06. The van der Waals surface area contributed by atoms with Gasteiger partial charge in [0.2, 0.25) is 5.91 Å². The number of amides is 4. The minimum absolute atomic E-state index is 0.0801. The quantitative estimate of drug-likeness (QED) is 0.663. The van der Waals surface area contributed by atoms with E-state index in [0.717, 1.165) is 25.4 Å². The fraction of sp³-hybridized carbons (Fsp3) is 0.571. The van der Waals surface area contributed by atoms with E-state index in [9.17, 15) is 14.4 Å². The first kappa shape index (κ1) is 21.1. The highest BCUT2D eigenvalue weighted by Crippen LogP contribution is 2.17. The first-order valence-electron chi connectivity index (χ1n) is 10.2. The van der Waals surface area contributed by atoms with Gasteiger partial charge < -0.3 is 15.0 Å². The minimum Gasteiger partial charge on any atom is -0.492 e. The van der Waals surface area contributed by atoms with Crippen molar-refractivity contribution in [2.75, 3.05) is 45.9 Å². The van der Waals surface area contributed by atoms with Gasteiger partial charge in [-0.2, -0.15) is 0 Å². The van der Waals surface area contributed by atoms with Gasteiger partial charge in [0.1, 0.15) is 17.9 Å². The molecule has 0 saturated carbocycles. The summed E-state index contributed by atoms with van der Waals surface area (Å²) in [6.45, 7) is 8.14. The number of carbonyl (C=O) groups is 3. The van der Waals surface area contributed by atoms with Crippen LogP contribution < -0.4 is 10.1 Å². The number of nitrogens with one attached hydrogen (secondary N) is 1. The first-order valence-corrected chi connectivity index (χ1v) is 10.2. The Labute approximate surface area is 171 Å². The lowest BCUT2D eigenvalue weighted by molar-refractivity contribution is -0.134. The van der Waals surface area contributed by atoms with Crippen molar-refractivity contribution in [1.29, 1.82) is 0 Å². The van der Waals surface area contributed by atoms with Crippen molar-refractivity contribution in [2.24, 2.45) is 0 Å². The monoisotopic (exact) mass is 402 g/mol. The SMILES string of the molecule is CC1(C)NC(=O)N(CCCC(=O)N2CCN(CCOc3ccccc3)CC2)C1=O. The van der Waals surface area contributed by atoms with Crippen molar-refractivity contribution in [3.63, 3.8) is 0 Å². The van der Waals surface area contributed by atoms with Crippen LogP contribution in [0.5, 0.6) is 5.75 Å². The van der Waals surface area contributed by atoms with Crippen molar-refractivity contribution >= 4 is 17.8 Å². The predicted molar refractivity (Wildman–Crippen MR) is 109 cm³/mol. The van der Waals surface area contributed by atoms with Gasteiger partial charge in [0.25, 0.3) is 5.91 Å². The number of ether oxygens (including phenoxy) is 1. The molecule has 2 aliphatic heterocycles. The van der Waals surface area contributed by atoms with Crippen LogP contribution >= 0.6 is 0 Å². The van der Waals surface area contributed by atoms with E-state index in [0.29, 0.717) is 32.5 Å². The summed E-state index contributed by atoms with van der Waals surface area (Å²) >= 11 is 0. The van der Waals surface area contributed by atoms with Crippen LogP contribution in [0.25, 0.3) is 0 Å². The average Bonchev–Trinajstić information content (AvgIpc) is 2.90. The number of nitrogens with zero attached hydrogens (tertiary/aromatic N) is 3. The summed E-state index contributed by atoms with van der Waals surface area (Å²) in [5, 5.41) is 2.65. The van der Waals surface area contributed by atoms with Gasteiger partial charge in [-0.05, 0) is 32.4 Å². The molecule has 2 fully saturated rings. The van der Waals surface area contributed by atoms with Gasteiger partial charge in [0, 0.05) is 45.7 Å². The molecule has 0 aliphatic carbocycles. The van der Waals surface area contributed by atoms with Crippen LogP contribution in [0.3, 0.4) is 0 Å². The second kappa shape index (κ2) is 9.26. The van der Waals surface area contributed by atoms with Crippen LogP contribution in [-0.2, 0) is 9.59 Å². The van der Waals surface area contributed by atoms with Gasteiger partial charge in [0.05, 0.1) is 0 Å². The third-order valence-electron chi connectivity index (χ3n) is 5.36. The maximum atomic E-state index is 12.4. The second-order valence-corrected chi connectivity index (χ2v) is 8.00. The molecule has 0 radical (unpaired) electrons. The van der Waals surface area contributed by atoms with E-state index in [1.807, 2.05) is 35.2 Å². The average molecular weight is 402 g/mol. The van der Waals surface area contributed by atoms with Crippen molar-refractivity contribution < 1.29 is 19.1 Å². The molecule has 158 valence electrons. The summed E-state index contributed by atoms with van der Waals surface area (Å²) in [5.41, 5.74) is -0.859. The molecule has 1 aromatic carbocycles. The highest BCUT2D eigenvalue weighted by Gasteiger charge is 2.43. The highest BCUT2D eigenvalue weighted by atomic mass is 16.5. The maximum Gasteiger partial charge on any atom is 0.325 e. The molecular weight excluding hydrogens is 372 g/mol. The molecule has 4 amide bonds. The number of carbonyl (C=O) groups excluding carboxylic acids is 3. The van der Waals surface area contributed by atoms with E-state index in [2.05, 4.69) is 10.2 Å². The molecule has 0 atom stereocenters. The topological polar surface area (TPSA) is 82.2 Å². The number of urea groups is 1. The van der Waals surface area contributed by atoms with Crippen molar-refractivity contribution in [1.82, 2.24) is 20.0 Å². The predicted octanol–water partition coefficient (Wildman–Crippen LogP) is 1.32. The van der Waals surface area contributed by atoms with E-state index in [-0.39, 0.29) is 24.4 Å². The standard InChI is InChI=1S/C21H30N4O4/c1-21(2)19(27)25(20(28)22-21)10-6-9-18(26)24-13-11-23(12-14-24)15-16-29-17-7-4-3-5-8-17/h3-5,7-8H,6,9-16H2,1-2H3,(H,22,28). The molecule has 3 rings (SSSR count). The molecular formula is C21H30N4O4. The third-order valence-corrected chi connectivity index (χ3v) is 5.36. The number of imide groups is 1. The molecule has 2 heterocycles. The second-order valence-electron chi connectivity index (χ2n) is 8.00. The normalized spacial score (nSPS) is 19.4. The molecule has 1 aromatic rings. The number of para-hydroxylation sites is 1. The Morgan fingerprint density at radius 1 is 1.07 bits per heavy atom. The lowest BCUT2D eigenvalue weighted by atomic mass is 10.1. The van der Waals surface area contributed by atoms with Gasteiger partial charge in [-0.25, -0.2) is 4.79 Å². The Hall–Kier alpha value is -2.61. The summed E-state index contributed by atoms with van der Waals surface area (Å²) in [4.78, 5) is 41.8. The summed E-state index contributed by atoms with van der Waals surface area (Å²) in [6.07, 6.45) is 0.827. The molecule has 2 aliphatic rings. The van der Waals surface area contributed by atoms with Crippen LogP contribution in [0.15, 0.2) is 30.3 Å². The minimum atomic E-state index is -0.859. The Balaban J connectivity index is 1.32. The number of hydrogen-bond donors (Lipinski definition) is 1. The third kappa shape index (κ3) is 5.47. The van der Waals surface area contributed by atoms with Gasteiger partial charge in [-0.3, -0.25) is 19.4 Å². The van der Waals surface area contributed by atoms with Gasteiger partial charge in [-0.15, -0.1) is 0 Å². The maximum absolute atomic E-state index is 12.4. The van der Waals surface area contributed by atoms with Crippen molar-refractivity contribution in [3.05, 3.63) is 30.3 Å². The Morgan fingerprint density at radius 3 is 2.38 bits per heavy atom. The molecule has 0 unspecified atom stereocenters. The zero-order valence-electron chi connectivity index (χ0n) is 17.2. The molecule has 8 nitrogen and oxygen atoms in total. The number of hydrogen-bond acceptors (Lipinski definition) is 5. The lowest BCUT2D eigenvalue weighted by Gasteiger charge is -2.34. The summed E-state index contributed by atoms with van der Waals surface area (Å²) in [6, 6.07) is 9.37.